The van der Waals surface area contributed by atoms with Crippen molar-refractivity contribution in [2.24, 2.45) is 0 Å². The van der Waals surface area contributed by atoms with Gasteiger partial charge < -0.3 is 10.6 Å². The van der Waals surface area contributed by atoms with Gasteiger partial charge in [-0.25, -0.2) is 4.98 Å². The summed E-state index contributed by atoms with van der Waals surface area (Å²) >= 11 is 5.76. The average molecular weight is 321 g/mol. The van der Waals surface area contributed by atoms with Crippen molar-refractivity contribution in [2.45, 2.75) is 6.54 Å². The molecule has 0 aliphatic rings. The van der Waals surface area contributed by atoms with Crippen LogP contribution < -0.4 is 10.6 Å². The molecule has 2 rings (SSSR count). The third-order valence-corrected chi connectivity index (χ3v) is 3.21. The summed E-state index contributed by atoms with van der Waals surface area (Å²) in [5.41, 5.74) is 0.825. The normalized spacial score (nSPS) is 10.1. The lowest BCUT2D eigenvalue weighted by Crippen LogP contribution is -2.19. The molecule has 114 valence electrons. The molecule has 22 heavy (non-hydrogen) atoms. The molecule has 1 heterocycles. The highest BCUT2D eigenvalue weighted by molar-refractivity contribution is 6.32. The molecule has 1 aromatic carbocycles. The van der Waals surface area contributed by atoms with E-state index in [9.17, 15) is 14.9 Å². The molecule has 0 saturated carbocycles. The van der Waals surface area contributed by atoms with Crippen LogP contribution in [0.3, 0.4) is 0 Å². The van der Waals surface area contributed by atoms with Gasteiger partial charge in [0.25, 0.3) is 11.6 Å². The van der Waals surface area contributed by atoms with Crippen LogP contribution in [0.2, 0.25) is 5.02 Å². The Bertz CT molecular complexity index is 721. The molecule has 0 fully saturated rings. The molecule has 0 radical (unpaired) electrons. The van der Waals surface area contributed by atoms with Gasteiger partial charge in [-0.3, -0.25) is 14.9 Å². The quantitative estimate of drug-likeness (QED) is 0.652. The summed E-state index contributed by atoms with van der Waals surface area (Å²) in [5.74, 6) is 0.212. The van der Waals surface area contributed by atoms with Crippen molar-refractivity contribution in [2.75, 3.05) is 12.4 Å². The maximum absolute atomic E-state index is 11.5. The van der Waals surface area contributed by atoms with Gasteiger partial charge in [0.15, 0.2) is 0 Å². The number of nitro benzene ring substituents is 1. The maximum Gasteiger partial charge on any atom is 0.288 e. The molecular formula is C14H13ClN4O3. The number of halogens is 1. The standard InChI is InChI=1S/C14H13ClN4O3/c1-16-14(20)11-3-2-4-13(18-11)17-8-9-5-6-10(15)12(7-9)19(21)22/h2-7H,8H2,1H3,(H,16,20)(H,17,18). The fraction of sp³-hybridized carbons (Fsp3) is 0.143. The van der Waals surface area contributed by atoms with Gasteiger partial charge in [0.05, 0.1) is 4.92 Å². The van der Waals surface area contributed by atoms with Crippen molar-refractivity contribution in [3.63, 3.8) is 0 Å². The molecule has 1 amide bonds. The van der Waals surface area contributed by atoms with Gasteiger partial charge in [-0.1, -0.05) is 23.7 Å². The van der Waals surface area contributed by atoms with Crippen LogP contribution in [0.25, 0.3) is 0 Å². The maximum atomic E-state index is 11.5. The van der Waals surface area contributed by atoms with Crippen LogP contribution in [0.5, 0.6) is 0 Å². The van der Waals surface area contributed by atoms with Crippen molar-refractivity contribution in [3.8, 4) is 0 Å². The first-order valence-corrected chi connectivity index (χ1v) is 6.75. The van der Waals surface area contributed by atoms with E-state index in [0.717, 1.165) is 0 Å². The molecule has 2 aromatic rings. The molecule has 1 aromatic heterocycles. The van der Waals surface area contributed by atoms with E-state index in [4.69, 9.17) is 11.6 Å². The minimum atomic E-state index is -0.531. The number of nitrogens with zero attached hydrogens (tertiary/aromatic N) is 2. The van der Waals surface area contributed by atoms with Crippen molar-refractivity contribution in [1.82, 2.24) is 10.3 Å². The van der Waals surface area contributed by atoms with Crippen LogP contribution in [0.1, 0.15) is 16.1 Å². The van der Waals surface area contributed by atoms with Crippen LogP contribution in [-0.4, -0.2) is 22.9 Å². The smallest absolute Gasteiger partial charge is 0.288 e. The van der Waals surface area contributed by atoms with Gasteiger partial charge in [0.1, 0.15) is 16.5 Å². The highest BCUT2D eigenvalue weighted by Gasteiger charge is 2.12. The van der Waals surface area contributed by atoms with Gasteiger partial charge in [0, 0.05) is 19.7 Å². The monoisotopic (exact) mass is 320 g/mol. The first-order chi connectivity index (χ1) is 10.5. The Morgan fingerprint density at radius 1 is 1.36 bits per heavy atom. The molecule has 0 aliphatic heterocycles. The summed E-state index contributed by atoms with van der Waals surface area (Å²) in [5, 5.41) is 16.4. The number of aromatic nitrogens is 1. The van der Waals surface area contributed by atoms with E-state index in [0.29, 0.717) is 17.9 Å². The van der Waals surface area contributed by atoms with E-state index in [1.54, 1.807) is 24.3 Å². The Labute approximate surface area is 131 Å². The zero-order chi connectivity index (χ0) is 16.1. The number of anilines is 1. The zero-order valence-electron chi connectivity index (χ0n) is 11.7. The van der Waals surface area contributed by atoms with Gasteiger partial charge in [-0.2, -0.15) is 0 Å². The zero-order valence-corrected chi connectivity index (χ0v) is 12.4. The SMILES string of the molecule is CNC(=O)c1cccc(NCc2ccc(Cl)c([N+](=O)[O-])c2)n1. The van der Waals surface area contributed by atoms with E-state index < -0.39 is 4.92 Å². The van der Waals surface area contributed by atoms with Gasteiger partial charge in [-0.15, -0.1) is 0 Å². The predicted molar refractivity (Wildman–Crippen MR) is 83.1 cm³/mol. The molecular weight excluding hydrogens is 308 g/mol. The van der Waals surface area contributed by atoms with Crippen molar-refractivity contribution in [3.05, 3.63) is 62.8 Å². The van der Waals surface area contributed by atoms with Crippen LogP contribution in [0.15, 0.2) is 36.4 Å². The second-order valence-corrected chi connectivity index (χ2v) is 4.79. The number of carbonyl (C=O) groups excluding carboxylic acids is 1. The Balaban J connectivity index is 2.12. The molecule has 0 bridgehead atoms. The fourth-order valence-electron chi connectivity index (χ4n) is 1.79. The van der Waals surface area contributed by atoms with Crippen molar-refractivity contribution in [1.29, 1.82) is 0 Å². The van der Waals surface area contributed by atoms with E-state index in [1.807, 2.05) is 0 Å². The lowest BCUT2D eigenvalue weighted by atomic mass is 10.2. The van der Waals surface area contributed by atoms with E-state index in [-0.39, 0.29) is 22.3 Å². The predicted octanol–water partition coefficient (Wildman–Crippen LogP) is 2.61. The van der Waals surface area contributed by atoms with Crippen LogP contribution in [0.4, 0.5) is 11.5 Å². The molecule has 2 N–H and O–H groups in total. The molecule has 0 aliphatic carbocycles. The number of benzene rings is 1. The second-order valence-electron chi connectivity index (χ2n) is 4.38. The molecule has 7 nitrogen and oxygen atoms in total. The highest BCUT2D eigenvalue weighted by atomic mass is 35.5. The van der Waals surface area contributed by atoms with Crippen LogP contribution in [-0.2, 0) is 6.54 Å². The minimum Gasteiger partial charge on any atom is -0.366 e. The summed E-state index contributed by atoms with van der Waals surface area (Å²) < 4.78 is 0. The molecule has 0 atom stereocenters. The fourth-order valence-corrected chi connectivity index (χ4v) is 1.97. The Morgan fingerprint density at radius 2 is 2.14 bits per heavy atom. The Hall–Kier alpha value is -2.67. The van der Waals surface area contributed by atoms with Crippen molar-refractivity contribution >= 4 is 29.0 Å². The van der Waals surface area contributed by atoms with E-state index in [1.165, 1.54) is 19.2 Å². The summed E-state index contributed by atoms with van der Waals surface area (Å²) in [7, 11) is 1.52. The van der Waals surface area contributed by atoms with E-state index >= 15 is 0 Å². The van der Waals surface area contributed by atoms with Crippen LogP contribution in [0, 0.1) is 10.1 Å². The van der Waals surface area contributed by atoms with E-state index in [2.05, 4.69) is 15.6 Å². The summed E-state index contributed by atoms with van der Waals surface area (Å²) in [6.45, 7) is 0.322. The first kappa shape index (κ1) is 15.7. The first-order valence-electron chi connectivity index (χ1n) is 6.37. The number of pyridine rings is 1. The number of amides is 1. The summed E-state index contributed by atoms with van der Waals surface area (Å²) in [6.07, 6.45) is 0. The topological polar surface area (TPSA) is 97.2 Å². The average Bonchev–Trinajstić information content (AvgIpc) is 2.53. The highest BCUT2D eigenvalue weighted by Crippen LogP contribution is 2.25. The second kappa shape index (κ2) is 6.86. The number of hydrogen-bond acceptors (Lipinski definition) is 5. The molecule has 8 heteroatoms. The van der Waals surface area contributed by atoms with Gasteiger partial charge in [-0.05, 0) is 23.8 Å². The number of rotatable bonds is 5. The molecule has 0 saturated heterocycles. The van der Waals surface area contributed by atoms with Crippen LogP contribution >= 0.6 is 11.6 Å². The molecule has 0 unspecified atom stereocenters. The molecule has 0 spiro atoms. The lowest BCUT2D eigenvalue weighted by Gasteiger charge is -2.07. The summed E-state index contributed by atoms with van der Waals surface area (Å²) in [6, 6.07) is 9.56. The third-order valence-electron chi connectivity index (χ3n) is 2.89. The Morgan fingerprint density at radius 3 is 2.82 bits per heavy atom. The number of nitrogens with one attached hydrogen (secondary N) is 2. The number of carbonyl (C=O) groups is 1. The Kier molecular flexibility index (Phi) is 4.90. The summed E-state index contributed by atoms with van der Waals surface area (Å²) in [4.78, 5) is 26.0. The van der Waals surface area contributed by atoms with Gasteiger partial charge >= 0.3 is 0 Å². The number of nitro groups is 1. The lowest BCUT2D eigenvalue weighted by molar-refractivity contribution is -0.384. The number of hydrogen-bond donors (Lipinski definition) is 2. The minimum absolute atomic E-state index is 0.0912. The van der Waals surface area contributed by atoms with Crippen molar-refractivity contribution < 1.29 is 9.72 Å². The third kappa shape index (κ3) is 3.70. The largest absolute Gasteiger partial charge is 0.366 e. The van der Waals surface area contributed by atoms with Gasteiger partial charge in [0.2, 0.25) is 0 Å².